The molecule has 0 saturated carbocycles. The molecule has 0 saturated heterocycles. The average molecular weight is 425 g/mol. The van der Waals surface area contributed by atoms with E-state index in [1.54, 1.807) is 12.1 Å². The lowest BCUT2D eigenvalue weighted by Gasteiger charge is -2.40. The molecule has 1 heterocycles. The van der Waals surface area contributed by atoms with Gasteiger partial charge in [-0.3, -0.25) is 0 Å². The minimum absolute atomic E-state index is 0.144. The van der Waals surface area contributed by atoms with Gasteiger partial charge >= 0.3 is 0 Å². The predicted octanol–water partition coefficient (Wildman–Crippen LogP) is 8.17. The van der Waals surface area contributed by atoms with Crippen LogP contribution in [0, 0.1) is 5.82 Å². The number of hydrogen-bond donors (Lipinski definition) is 0. The monoisotopic (exact) mass is 424 g/mol. The smallest absolute Gasteiger partial charge is 0.123 e. The fourth-order valence-electron chi connectivity index (χ4n) is 4.83. The second-order valence-corrected chi connectivity index (χ2v) is 9.38. The van der Waals surface area contributed by atoms with Crippen molar-refractivity contribution in [1.82, 2.24) is 0 Å². The summed E-state index contributed by atoms with van der Waals surface area (Å²) in [5.41, 5.74) is 5.15. The van der Waals surface area contributed by atoms with E-state index in [2.05, 4.69) is 91.0 Å². The van der Waals surface area contributed by atoms with E-state index in [0.717, 1.165) is 18.4 Å². The van der Waals surface area contributed by atoms with Crippen LogP contribution in [0.15, 0.2) is 114 Å². The van der Waals surface area contributed by atoms with E-state index in [4.69, 9.17) is 0 Å². The Balaban J connectivity index is 1.61. The molecule has 0 N–H and O–H groups in total. The summed E-state index contributed by atoms with van der Waals surface area (Å²) in [4.78, 5) is 1.21. The number of aryl methyl sites for hydroxylation is 1. The van der Waals surface area contributed by atoms with Crippen LogP contribution >= 0.6 is 11.8 Å². The van der Waals surface area contributed by atoms with Crippen LogP contribution in [0.2, 0.25) is 0 Å². The molecule has 0 radical (unpaired) electrons. The summed E-state index contributed by atoms with van der Waals surface area (Å²) >= 11 is 1.88. The van der Waals surface area contributed by atoms with Crippen LogP contribution < -0.4 is 0 Å². The van der Waals surface area contributed by atoms with E-state index in [1.807, 2.05) is 17.8 Å². The van der Waals surface area contributed by atoms with Gasteiger partial charge in [-0.25, -0.2) is 4.39 Å². The van der Waals surface area contributed by atoms with Crippen LogP contribution in [0.1, 0.15) is 45.8 Å². The zero-order chi connectivity index (χ0) is 21.0. The second-order valence-electron chi connectivity index (χ2n) is 8.20. The van der Waals surface area contributed by atoms with Crippen LogP contribution in [0.25, 0.3) is 0 Å². The van der Waals surface area contributed by atoms with Gasteiger partial charge in [0.15, 0.2) is 0 Å². The molecule has 0 spiro atoms. The Labute approximate surface area is 188 Å². The van der Waals surface area contributed by atoms with Crippen LogP contribution in [0.4, 0.5) is 4.39 Å². The van der Waals surface area contributed by atoms with E-state index in [-0.39, 0.29) is 17.7 Å². The number of fused-ring (bicyclic) bond motifs is 1. The highest BCUT2D eigenvalue weighted by atomic mass is 32.2. The molecule has 0 aromatic heterocycles. The first-order valence-corrected chi connectivity index (χ1v) is 11.8. The highest BCUT2D eigenvalue weighted by Gasteiger charge is 2.39. The van der Waals surface area contributed by atoms with Gasteiger partial charge in [0.25, 0.3) is 0 Å². The molecule has 5 rings (SSSR count). The van der Waals surface area contributed by atoms with E-state index < -0.39 is 0 Å². The van der Waals surface area contributed by atoms with Crippen molar-refractivity contribution in [2.75, 3.05) is 0 Å². The molecular weight excluding hydrogens is 399 g/mol. The molecule has 154 valence electrons. The summed E-state index contributed by atoms with van der Waals surface area (Å²) in [5.74, 6) is 0.389. The second kappa shape index (κ2) is 9.11. The van der Waals surface area contributed by atoms with Gasteiger partial charge < -0.3 is 0 Å². The standard InChI is InChI=1S/C29H25FS/c30-24-17-19-27-26(20-24)25(18-16-21-10-4-1-5-11-21)28(22-12-6-2-7-13-22)29(31-27)23-14-8-3-9-15-23/h1-15,17,19-20,25,28-29H,16,18H2. The van der Waals surface area contributed by atoms with Crippen molar-refractivity contribution < 1.29 is 4.39 Å². The molecule has 4 aromatic rings. The molecule has 0 fully saturated rings. The zero-order valence-corrected chi connectivity index (χ0v) is 18.1. The Bertz CT molecular complexity index is 1130. The molecule has 0 bridgehead atoms. The maximum Gasteiger partial charge on any atom is 0.123 e. The molecule has 0 aliphatic carbocycles. The van der Waals surface area contributed by atoms with Crippen molar-refractivity contribution in [3.63, 3.8) is 0 Å². The van der Waals surface area contributed by atoms with Gasteiger partial charge in [0, 0.05) is 16.1 Å². The van der Waals surface area contributed by atoms with Gasteiger partial charge in [-0.15, -0.1) is 11.8 Å². The normalized spacial score (nSPS) is 20.2. The molecule has 31 heavy (non-hydrogen) atoms. The fraction of sp³-hybridized carbons (Fsp3) is 0.172. The Morgan fingerprint density at radius 3 is 1.97 bits per heavy atom. The van der Waals surface area contributed by atoms with Crippen molar-refractivity contribution in [2.45, 2.75) is 34.8 Å². The minimum atomic E-state index is -0.144. The molecule has 1 aliphatic heterocycles. The number of rotatable bonds is 5. The first-order chi connectivity index (χ1) is 15.3. The molecule has 1 aliphatic rings. The third kappa shape index (κ3) is 4.31. The van der Waals surface area contributed by atoms with Crippen LogP contribution in [-0.2, 0) is 6.42 Å². The van der Waals surface area contributed by atoms with Gasteiger partial charge in [-0.05, 0) is 59.2 Å². The maximum atomic E-state index is 14.4. The van der Waals surface area contributed by atoms with E-state index in [1.165, 1.54) is 21.6 Å². The lowest BCUT2D eigenvalue weighted by atomic mass is 9.74. The van der Waals surface area contributed by atoms with Crippen LogP contribution in [0.3, 0.4) is 0 Å². The predicted molar refractivity (Wildman–Crippen MR) is 128 cm³/mol. The van der Waals surface area contributed by atoms with Crippen molar-refractivity contribution in [2.24, 2.45) is 0 Å². The van der Waals surface area contributed by atoms with Crippen molar-refractivity contribution in [3.8, 4) is 0 Å². The minimum Gasteiger partial charge on any atom is -0.207 e. The molecule has 3 unspecified atom stereocenters. The van der Waals surface area contributed by atoms with Gasteiger partial charge in [0.1, 0.15) is 5.82 Å². The van der Waals surface area contributed by atoms with Crippen molar-refractivity contribution in [3.05, 3.63) is 137 Å². The number of halogens is 1. The third-order valence-corrected chi connectivity index (χ3v) is 7.73. The fourth-order valence-corrected chi connectivity index (χ4v) is 6.39. The summed E-state index contributed by atoms with van der Waals surface area (Å²) in [6.07, 6.45) is 1.97. The van der Waals surface area contributed by atoms with Gasteiger partial charge in [0.05, 0.1) is 0 Å². The summed E-state index contributed by atoms with van der Waals surface area (Å²) in [7, 11) is 0. The number of thioether (sulfide) groups is 1. The quantitative estimate of drug-likeness (QED) is 0.311. The van der Waals surface area contributed by atoms with Crippen molar-refractivity contribution >= 4 is 11.8 Å². The average Bonchev–Trinajstić information content (AvgIpc) is 2.84. The summed E-state index contributed by atoms with van der Waals surface area (Å²) in [6.45, 7) is 0. The molecule has 0 amide bonds. The van der Waals surface area contributed by atoms with Crippen LogP contribution in [0.5, 0.6) is 0 Å². The number of hydrogen-bond acceptors (Lipinski definition) is 1. The van der Waals surface area contributed by atoms with E-state index >= 15 is 0 Å². The van der Waals surface area contributed by atoms with Gasteiger partial charge in [0.2, 0.25) is 0 Å². The van der Waals surface area contributed by atoms with E-state index in [0.29, 0.717) is 5.25 Å². The van der Waals surface area contributed by atoms with Gasteiger partial charge in [-0.2, -0.15) is 0 Å². The molecule has 3 atom stereocenters. The largest absolute Gasteiger partial charge is 0.207 e. The lowest BCUT2D eigenvalue weighted by Crippen LogP contribution is -2.23. The molecule has 0 nitrogen and oxygen atoms in total. The summed E-state index contributed by atoms with van der Waals surface area (Å²) < 4.78 is 14.4. The van der Waals surface area contributed by atoms with E-state index in [9.17, 15) is 4.39 Å². The first-order valence-electron chi connectivity index (χ1n) is 10.9. The maximum absolute atomic E-state index is 14.4. The number of benzene rings is 4. The van der Waals surface area contributed by atoms with Crippen LogP contribution in [-0.4, -0.2) is 0 Å². The Morgan fingerprint density at radius 1 is 0.677 bits per heavy atom. The third-order valence-electron chi connectivity index (χ3n) is 6.28. The topological polar surface area (TPSA) is 0 Å². The molecule has 2 heteroatoms. The molecular formula is C29H25FS. The Hall–Kier alpha value is -2.84. The van der Waals surface area contributed by atoms with Crippen molar-refractivity contribution in [1.29, 1.82) is 0 Å². The first kappa shape index (κ1) is 20.1. The SMILES string of the molecule is Fc1ccc2c(c1)C(CCc1ccccc1)C(c1ccccc1)C(c1ccccc1)S2. The zero-order valence-electron chi connectivity index (χ0n) is 17.3. The highest BCUT2D eigenvalue weighted by Crippen LogP contribution is 2.58. The Morgan fingerprint density at radius 2 is 1.29 bits per heavy atom. The molecule has 4 aromatic carbocycles. The lowest BCUT2D eigenvalue weighted by molar-refractivity contribution is 0.476. The highest BCUT2D eigenvalue weighted by molar-refractivity contribution is 7.99. The van der Waals surface area contributed by atoms with Gasteiger partial charge in [-0.1, -0.05) is 91.0 Å². The Kier molecular flexibility index (Phi) is 5.90. The summed E-state index contributed by atoms with van der Waals surface area (Å²) in [6, 6.07) is 37.6. The summed E-state index contributed by atoms with van der Waals surface area (Å²) in [5, 5.41) is 0.294.